The molecule has 7 nitrogen and oxygen atoms in total. The summed E-state index contributed by atoms with van der Waals surface area (Å²) in [7, 11) is 1.75. The minimum Gasteiger partial charge on any atom is -0.484 e. The van der Waals surface area contributed by atoms with Gasteiger partial charge in [-0.05, 0) is 68.9 Å². The van der Waals surface area contributed by atoms with Gasteiger partial charge in [0.05, 0.1) is 6.04 Å². The molecule has 7 heteroatoms. The van der Waals surface area contributed by atoms with Gasteiger partial charge in [0.1, 0.15) is 12.0 Å². The summed E-state index contributed by atoms with van der Waals surface area (Å²) in [5.41, 5.74) is 4.91. The predicted molar refractivity (Wildman–Crippen MR) is 145 cm³/mol. The second-order valence-corrected chi connectivity index (χ2v) is 10.9. The van der Waals surface area contributed by atoms with Crippen molar-refractivity contribution in [2.75, 3.05) is 13.6 Å². The average Bonchev–Trinajstić information content (AvgIpc) is 3.63. The fourth-order valence-electron chi connectivity index (χ4n) is 5.56. The normalized spacial score (nSPS) is 17.5. The highest BCUT2D eigenvalue weighted by Gasteiger charge is 2.36. The molecule has 0 radical (unpaired) electrons. The molecule has 2 aliphatic rings. The summed E-state index contributed by atoms with van der Waals surface area (Å²) < 4.78 is 11.6. The van der Waals surface area contributed by atoms with Crippen molar-refractivity contribution in [2.24, 2.45) is 5.92 Å². The lowest BCUT2D eigenvalue weighted by Gasteiger charge is -2.39. The molecule has 200 valence electrons. The highest BCUT2D eigenvalue weighted by atomic mass is 16.5. The SMILES string of the molecule is Cc1cccc(C2c3cc(OCc4nc(C(=O)N(C)C(C)C)co4)ccc3CCN2C(=O)C2CCCC2)c1. The van der Waals surface area contributed by atoms with Gasteiger partial charge in [-0.25, -0.2) is 4.98 Å². The third kappa shape index (κ3) is 5.33. The number of hydrogen-bond donors (Lipinski definition) is 0. The molecule has 1 aliphatic carbocycles. The third-order valence-electron chi connectivity index (χ3n) is 7.92. The zero-order valence-corrected chi connectivity index (χ0v) is 22.8. The van der Waals surface area contributed by atoms with Crippen molar-refractivity contribution in [3.05, 3.63) is 82.6 Å². The van der Waals surface area contributed by atoms with Gasteiger partial charge in [-0.3, -0.25) is 9.59 Å². The van der Waals surface area contributed by atoms with Crippen LogP contribution in [0.5, 0.6) is 5.75 Å². The maximum Gasteiger partial charge on any atom is 0.275 e. The maximum absolute atomic E-state index is 13.7. The topological polar surface area (TPSA) is 75.9 Å². The summed E-state index contributed by atoms with van der Waals surface area (Å²) in [6.45, 7) is 6.82. The molecular formula is C31H37N3O4. The number of carbonyl (C=O) groups excluding carboxylic acids is 2. The van der Waals surface area contributed by atoms with E-state index in [4.69, 9.17) is 9.15 Å². The highest BCUT2D eigenvalue weighted by molar-refractivity contribution is 5.92. The number of hydrogen-bond acceptors (Lipinski definition) is 5. The maximum atomic E-state index is 13.7. The number of aromatic nitrogens is 1. The zero-order valence-electron chi connectivity index (χ0n) is 22.8. The molecule has 2 amide bonds. The van der Waals surface area contributed by atoms with Gasteiger partial charge in [0.2, 0.25) is 11.8 Å². The summed E-state index contributed by atoms with van der Waals surface area (Å²) in [6.07, 6.45) is 6.45. The molecule has 2 aromatic carbocycles. The quantitative estimate of drug-likeness (QED) is 0.403. The van der Waals surface area contributed by atoms with Gasteiger partial charge in [0.15, 0.2) is 12.3 Å². The largest absolute Gasteiger partial charge is 0.484 e. The standard InChI is InChI=1S/C31H37N3O4/c1-20(2)33(4)31(36)27-18-38-28(32-27)19-37-25-13-12-22-14-15-34(30(35)23-9-5-6-10-23)29(26(22)17-25)24-11-7-8-21(3)16-24/h7-8,11-13,16-18,20,23,29H,5-6,9-10,14-15,19H2,1-4H3. The van der Waals surface area contributed by atoms with E-state index >= 15 is 0 Å². The van der Waals surface area contributed by atoms with Crippen LogP contribution >= 0.6 is 0 Å². The minimum atomic E-state index is -0.184. The number of ether oxygens (including phenoxy) is 1. The van der Waals surface area contributed by atoms with Crippen LogP contribution in [0.1, 0.15) is 84.2 Å². The van der Waals surface area contributed by atoms with Crippen molar-refractivity contribution in [3.8, 4) is 5.75 Å². The summed E-state index contributed by atoms with van der Waals surface area (Å²) in [5.74, 6) is 1.24. The van der Waals surface area contributed by atoms with Crippen molar-refractivity contribution in [3.63, 3.8) is 0 Å². The van der Waals surface area contributed by atoms with E-state index in [1.165, 1.54) is 17.4 Å². The van der Waals surface area contributed by atoms with E-state index in [2.05, 4.69) is 53.2 Å². The Morgan fingerprint density at radius 3 is 2.68 bits per heavy atom. The first-order valence-corrected chi connectivity index (χ1v) is 13.7. The van der Waals surface area contributed by atoms with E-state index < -0.39 is 0 Å². The Labute approximate surface area is 224 Å². The molecule has 1 aromatic heterocycles. The average molecular weight is 516 g/mol. The van der Waals surface area contributed by atoms with Crippen LogP contribution in [0.2, 0.25) is 0 Å². The van der Waals surface area contributed by atoms with Gasteiger partial charge in [-0.2, -0.15) is 0 Å². The van der Waals surface area contributed by atoms with Crippen molar-refractivity contribution >= 4 is 11.8 Å². The van der Waals surface area contributed by atoms with Crippen LogP contribution in [0.25, 0.3) is 0 Å². The molecule has 38 heavy (non-hydrogen) atoms. The molecule has 0 bridgehead atoms. The monoisotopic (exact) mass is 515 g/mol. The smallest absolute Gasteiger partial charge is 0.275 e. The first-order chi connectivity index (χ1) is 18.3. The molecule has 1 aliphatic heterocycles. The van der Waals surface area contributed by atoms with Crippen LogP contribution in [0.3, 0.4) is 0 Å². The predicted octanol–water partition coefficient (Wildman–Crippen LogP) is 5.71. The number of oxazole rings is 1. The molecular weight excluding hydrogens is 478 g/mol. The third-order valence-corrected chi connectivity index (χ3v) is 7.92. The molecule has 1 atom stereocenters. The summed E-state index contributed by atoms with van der Waals surface area (Å²) in [5, 5.41) is 0. The lowest BCUT2D eigenvalue weighted by atomic mass is 9.86. The van der Waals surface area contributed by atoms with Crippen molar-refractivity contribution in [1.82, 2.24) is 14.8 Å². The number of nitrogens with zero attached hydrogens (tertiary/aromatic N) is 3. The zero-order chi connectivity index (χ0) is 26.8. The molecule has 1 fully saturated rings. The van der Waals surface area contributed by atoms with Crippen LogP contribution in [0.15, 0.2) is 53.1 Å². The number of rotatable bonds is 7. The van der Waals surface area contributed by atoms with E-state index in [1.807, 2.05) is 19.9 Å². The number of benzene rings is 2. The Morgan fingerprint density at radius 1 is 1.16 bits per heavy atom. The number of amides is 2. The van der Waals surface area contributed by atoms with E-state index in [-0.39, 0.29) is 42.1 Å². The molecule has 2 heterocycles. The van der Waals surface area contributed by atoms with Crippen LogP contribution in [0, 0.1) is 12.8 Å². The fraction of sp³-hybridized carbons (Fsp3) is 0.452. The number of aryl methyl sites for hydroxylation is 1. The highest BCUT2D eigenvalue weighted by Crippen LogP contribution is 2.40. The molecule has 1 unspecified atom stereocenters. The lowest BCUT2D eigenvalue weighted by molar-refractivity contribution is -0.137. The Bertz CT molecular complexity index is 1310. The molecule has 5 rings (SSSR count). The van der Waals surface area contributed by atoms with E-state index in [1.54, 1.807) is 11.9 Å². The summed E-state index contributed by atoms with van der Waals surface area (Å²) in [4.78, 5) is 34.2. The first kappa shape index (κ1) is 26.0. The Kier molecular flexibility index (Phi) is 7.54. The Hall–Kier alpha value is -3.61. The van der Waals surface area contributed by atoms with Crippen molar-refractivity contribution in [1.29, 1.82) is 0 Å². The van der Waals surface area contributed by atoms with Crippen LogP contribution in [-0.4, -0.2) is 46.2 Å². The van der Waals surface area contributed by atoms with E-state index in [0.717, 1.165) is 49.8 Å². The van der Waals surface area contributed by atoms with Crippen LogP contribution < -0.4 is 4.74 Å². The molecule has 0 N–H and O–H groups in total. The van der Waals surface area contributed by atoms with Gasteiger partial charge in [0.25, 0.3) is 5.91 Å². The van der Waals surface area contributed by atoms with E-state index in [0.29, 0.717) is 11.6 Å². The van der Waals surface area contributed by atoms with Gasteiger partial charge in [0, 0.05) is 25.6 Å². The number of fused-ring (bicyclic) bond motifs is 1. The Morgan fingerprint density at radius 2 is 1.95 bits per heavy atom. The first-order valence-electron chi connectivity index (χ1n) is 13.7. The second-order valence-electron chi connectivity index (χ2n) is 10.9. The summed E-state index contributed by atoms with van der Waals surface area (Å²) >= 11 is 0. The fourth-order valence-corrected chi connectivity index (χ4v) is 5.56. The molecule has 1 saturated carbocycles. The lowest BCUT2D eigenvalue weighted by Crippen LogP contribution is -2.43. The van der Waals surface area contributed by atoms with Crippen LogP contribution in [-0.2, 0) is 17.8 Å². The van der Waals surface area contributed by atoms with Gasteiger partial charge in [-0.1, -0.05) is 48.7 Å². The molecule has 3 aromatic rings. The van der Waals surface area contributed by atoms with Gasteiger partial charge in [-0.15, -0.1) is 0 Å². The van der Waals surface area contributed by atoms with Crippen molar-refractivity contribution in [2.45, 2.75) is 71.6 Å². The summed E-state index contributed by atoms with van der Waals surface area (Å²) in [6, 6.07) is 14.5. The van der Waals surface area contributed by atoms with Crippen LogP contribution in [0.4, 0.5) is 0 Å². The molecule has 0 spiro atoms. The number of carbonyl (C=O) groups is 2. The van der Waals surface area contributed by atoms with Gasteiger partial charge >= 0.3 is 0 Å². The Balaban J connectivity index is 1.39. The van der Waals surface area contributed by atoms with Gasteiger partial charge < -0.3 is 19.0 Å². The molecule has 0 saturated heterocycles. The van der Waals surface area contributed by atoms with E-state index in [9.17, 15) is 9.59 Å². The minimum absolute atomic E-state index is 0.0656. The second kappa shape index (κ2) is 11.0. The van der Waals surface area contributed by atoms with Crippen molar-refractivity contribution < 1.29 is 18.7 Å².